The molecule has 6 heteroatoms. The van der Waals surface area contributed by atoms with Gasteiger partial charge in [0.1, 0.15) is 17.5 Å². The van der Waals surface area contributed by atoms with Crippen molar-refractivity contribution in [1.29, 1.82) is 0 Å². The van der Waals surface area contributed by atoms with Crippen LogP contribution in [0.3, 0.4) is 0 Å². The third kappa shape index (κ3) is 2.80. The monoisotopic (exact) mass is 300 g/mol. The highest BCUT2D eigenvalue weighted by atomic mass is 35.5. The van der Waals surface area contributed by atoms with Crippen molar-refractivity contribution in [3.63, 3.8) is 0 Å². The Morgan fingerprint density at radius 3 is 2.35 bits per heavy atom. The van der Waals surface area contributed by atoms with Crippen molar-refractivity contribution in [1.82, 2.24) is 5.43 Å². The molecule has 0 heterocycles. The molecule has 0 radical (unpaired) electrons. The second-order valence-corrected chi connectivity index (χ2v) is 4.80. The lowest BCUT2D eigenvalue weighted by atomic mass is 9.97. The van der Waals surface area contributed by atoms with E-state index in [1.165, 1.54) is 18.2 Å². The molecule has 3 N–H and O–H groups in total. The van der Waals surface area contributed by atoms with Gasteiger partial charge in [-0.25, -0.2) is 18.6 Å². The standard InChI is InChI=1S/C14H12ClF3N2/c1-7-4-8(2-3-11(7)16)14(20-19)9-5-13(18)10(15)6-12(9)17/h2-6,14,20H,19H2,1H3. The summed E-state index contributed by atoms with van der Waals surface area (Å²) in [7, 11) is 0. The maximum atomic E-state index is 13.9. The molecule has 0 amide bonds. The molecule has 1 atom stereocenters. The van der Waals surface area contributed by atoms with Crippen LogP contribution < -0.4 is 11.3 Å². The highest BCUT2D eigenvalue weighted by Crippen LogP contribution is 2.28. The molecule has 0 aliphatic rings. The van der Waals surface area contributed by atoms with Crippen LogP contribution in [-0.2, 0) is 0 Å². The van der Waals surface area contributed by atoms with Crippen molar-refractivity contribution >= 4 is 11.6 Å². The smallest absolute Gasteiger partial charge is 0.142 e. The van der Waals surface area contributed by atoms with Gasteiger partial charge in [0.2, 0.25) is 0 Å². The fourth-order valence-electron chi connectivity index (χ4n) is 1.97. The molecule has 0 saturated heterocycles. The van der Waals surface area contributed by atoms with E-state index in [0.717, 1.165) is 12.1 Å². The summed E-state index contributed by atoms with van der Waals surface area (Å²) >= 11 is 5.51. The highest BCUT2D eigenvalue weighted by Gasteiger charge is 2.19. The summed E-state index contributed by atoms with van der Waals surface area (Å²) in [5.74, 6) is 3.59. The maximum Gasteiger partial charge on any atom is 0.142 e. The molecule has 0 spiro atoms. The van der Waals surface area contributed by atoms with Gasteiger partial charge in [0.05, 0.1) is 11.1 Å². The van der Waals surface area contributed by atoms with Gasteiger partial charge in [-0.1, -0.05) is 23.7 Å². The molecule has 0 fully saturated rings. The van der Waals surface area contributed by atoms with E-state index in [-0.39, 0.29) is 16.4 Å². The van der Waals surface area contributed by atoms with Crippen LogP contribution in [0.25, 0.3) is 0 Å². The van der Waals surface area contributed by atoms with E-state index in [2.05, 4.69) is 5.43 Å². The molecule has 0 aliphatic heterocycles. The van der Waals surface area contributed by atoms with E-state index < -0.39 is 17.7 Å². The van der Waals surface area contributed by atoms with E-state index in [4.69, 9.17) is 17.4 Å². The zero-order valence-electron chi connectivity index (χ0n) is 10.6. The molecule has 2 aromatic carbocycles. The largest absolute Gasteiger partial charge is 0.271 e. The zero-order valence-corrected chi connectivity index (χ0v) is 11.3. The maximum absolute atomic E-state index is 13.9. The fraction of sp³-hybridized carbons (Fsp3) is 0.143. The molecular formula is C14H12ClF3N2. The quantitative estimate of drug-likeness (QED) is 0.516. The van der Waals surface area contributed by atoms with Gasteiger partial charge in [0.15, 0.2) is 0 Å². The van der Waals surface area contributed by atoms with Crippen LogP contribution in [0.5, 0.6) is 0 Å². The minimum absolute atomic E-state index is 0.000378. The van der Waals surface area contributed by atoms with Crippen LogP contribution in [0.2, 0.25) is 5.02 Å². The van der Waals surface area contributed by atoms with Crippen molar-refractivity contribution in [2.24, 2.45) is 5.84 Å². The van der Waals surface area contributed by atoms with Gasteiger partial charge in [0, 0.05) is 5.56 Å². The Bertz CT molecular complexity index is 647. The molecule has 2 aromatic rings. The van der Waals surface area contributed by atoms with E-state index in [1.807, 2.05) is 0 Å². The summed E-state index contributed by atoms with van der Waals surface area (Å²) in [6, 6.07) is 5.28. The second-order valence-electron chi connectivity index (χ2n) is 4.40. The Morgan fingerprint density at radius 1 is 1.05 bits per heavy atom. The number of halogens is 4. The summed E-state index contributed by atoms with van der Waals surface area (Å²) in [6.45, 7) is 1.57. The second kappa shape index (κ2) is 5.83. The van der Waals surface area contributed by atoms with Crippen molar-refractivity contribution in [3.8, 4) is 0 Å². The minimum Gasteiger partial charge on any atom is -0.271 e. The molecule has 0 bridgehead atoms. The number of hydrogen-bond donors (Lipinski definition) is 2. The van der Waals surface area contributed by atoms with E-state index in [0.29, 0.717) is 11.1 Å². The first kappa shape index (κ1) is 14.8. The van der Waals surface area contributed by atoms with Gasteiger partial charge in [-0.3, -0.25) is 5.84 Å². The summed E-state index contributed by atoms with van der Waals surface area (Å²) < 4.78 is 40.7. The first-order chi connectivity index (χ1) is 9.43. The van der Waals surface area contributed by atoms with Crippen molar-refractivity contribution in [2.75, 3.05) is 0 Å². The summed E-state index contributed by atoms with van der Waals surface area (Å²) in [5, 5.41) is -0.308. The number of rotatable bonds is 3. The van der Waals surface area contributed by atoms with Crippen LogP contribution in [0.1, 0.15) is 22.7 Å². The van der Waals surface area contributed by atoms with Gasteiger partial charge in [-0.15, -0.1) is 0 Å². The predicted molar refractivity (Wildman–Crippen MR) is 71.7 cm³/mol. The van der Waals surface area contributed by atoms with Crippen LogP contribution in [0.15, 0.2) is 30.3 Å². The summed E-state index contributed by atoms with van der Waals surface area (Å²) in [5.41, 5.74) is 3.30. The van der Waals surface area contributed by atoms with Crippen LogP contribution in [0.4, 0.5) is 13.2 Å². The molecule has 0 saturated carbocycles. The molecule has 2 rings (SSSR count). The van der Waals surface area contributed by atoms with Gasteiger partial charge < -0.3 is 0 Å². The van der Waals surface area contributed by atoms with Crippen LogP contribution in [-0.4, -0.2) is 0 Å². The topological polar surface area (TPSA) is 38.0 Å². The van der Waals surface area contributed by atoms with Crippen molar-refractivity contribution < 1.29 is 13.2 Å². The lowest BCUT2D eigenvalue weighted by Crippen LogP contribution is -2.29. The number of nitrogens with two attached hydrogens (primary N) is 1. The molecular weight excluding hydrogens is 289 g/mol. The molecule has 2 nitrogen and oxygen atoms in total. The van der Waals surface area contributed by atoms with Gasteiger partial charge in [-0.2, -0.15) is 0 Å². The number of aryl methyl sites for hydroxylation is 1. The average Bonchev–Trinajstić information content (AvgIpc) is 2.40. The molecule has 1 unspecified atom stereocenters. The Morgan fingerprint density at radius 2 is 1.75 bits per heavy atom. The Hall–Kier alpha value is -1.56. The number of hydrogen-bond acceptors (Lipinski definition) is 2. The van der Waals surface area contributed by atoms with Crippen LogP contribution in [0, 0.1) is 24.4 Å². The van der Waals surface area contributed by atoms with Crippen molar-refractivity contribution in [2.45, 2.75) is 13.0 Å². The molecule has 0 aliphatic carbocycles. The Balaban J connectivity index is 2.52. The van der Waals surface area contributed by atoms with Crippen molar-refractivity contribution in [3.05, 3.63) is 69.5 Å². The lowest BCUT2D eigenvalue weighted by Gasteiger charge is -2.18. The van der Waals surface area contributed by atoms with Gasteiger partial charge >= 0.3 is 0 Å². The predicted octanol–water partition coefficient (Wildman–Crippen LogP) is 3.62. The summed E-state index contributed by atoms with van der Waals surface area (Å²) in [4.78, 5) is 0. The molecule has 0 aromatic heterocycles. The zero-order chi connectivity index (χ0) is 14.9. The number of hydrazine groups is 1. The SMILES string of the molecule is Cc1cc(C(NN)c2cc(F)c(Cl)cc2F)ccc1F. The minimum atomic E-state index is -0.805. The van der Waals surface area contributed by atoms with E-state index >= 15 is 0 Å². The van der Waals surface area contributed by atoms with Gasteiger partial charge in [-0.05, 0) is 36.2 Å². The Labute approximate surface area is 119 Å². The summed E-state index contributed by atoms with van der Waals surface area (Å²) in [6.07, 6.45) is 0. The van der Waals surface area contributed by atoms with E-state index in [1.54, 1.807) is 6.92 Å². The van der Waals surface area contributed by atoms with Gasteiger partial charge in [0.25, 0.3) is 0 Å². The third-order valence-corrected chi connectivity index (χ3v) is 3.32. The average molecular weight is 301 g/mol. The van der Waals surface area contributed by atoms with E-state index in [9.17, 15) is 13.2 Å². The lowest BCUT2D eigenvalue weighted by molar-refractivity contribution is 0.544. The first-order valence-corrected chi connectivity index (χ1v) is 6.18. The van der Waals surface area contributed by atoms with Crippen LogP contribution >= 0.6 is 11.6 Å². The molecule has 20 heavy (non-hydrogen) atoms. The normalized spacial score (nSPS) is 12.5. The first-order valence-electron chi connectivity index (χ1n) is 5.80. The number of benzene rings is 2. The Kier molecular flexibility index (Phi) is 4.32. The highest BCUT2D eigenvalue weighted by molar-refractivity contribution is 6.30. The fourth-order valence-corrected chi connectivity index (χ4v) is 2.12. The molecule has 106 valence electrons. The third-order valence-electron chi connectivity index (χ3n) is 3.03. The number of nitrogens with one attached hydrogen (secondary N) is 1.